The van der Waals surface area contributed by atoms with Gasteiger partial charge in [-0.25, -0.2) is 9.37 Å². The Morgan fingerprint density at radius 3 is 2.80 bits per heavy atom. The van der Waals surface area contributed by atoms with Crippen molar-refractivity contribution in [2.45, 2.75) is 12.2 Å². The molecule has 1 unspecified atom stereocenters. The molecule has 2 fully saturated rings. The number of ether oxygens (including phenoxy) is 1. The molecule has 2 aliphatic rings. The number of carbonyl (C=O) groups excluding carboxylic acids is 1. The summed E-state index contributed by atoms with van der Waals surface area (Å²) >= 11 is 1.79. The summed E-state index contributed by atoms with van der Waals surface area (Å²) in [4.78, 5) is 24.1. The number of amides is 1. The Morgan fingerprint density at radius 2 is 2.00 bits per heavy atom. The van der Waals surface area contributed by atoms with Crippen LogP contribution in [0.15, 0.2) is 55.1 Å². The van der Waals surface area contributed by atoms with Crippen molar-refractivity contribution in [3.8, 4) is 11.1 Å². The maximum atomic E-state index is 14.9. The highest BCUT2D eigenvalue weighted by molar-refractivity contribution is 8.06. The van der Waals surface area contributed by atoms with Gasteiger partial charge in [0.25, 0.3) is 5.91 Å². The zero-order valence-corrected chi connectivity index (χ0v) is 20.0. The summed E-state index contributed by atoms with van der Waals surface area (Å²) < 4.78 is 22.4. The van der Waals surface area contributed by atoms with Gasteiger partial charge in [0, 0.05) is 54.8 Å². The van der Waals surface area contributed by atoms with Crippen molar-refractivity contribution in [1.82, 2.24) is 14.4 Å². The molecule has 1 aromatic carbocycles. The molecule has 1 atom stereocenters. The van der Waals surface area contributed by atoms with E-state index in [1.54, 1.807) is 42.4 Å². The van der Waals surface area contributed by atoms with E-state index in [4.69, 9.17) is 4.74 Å². The third-order valence-electron chi connectivity index (χ3n) is 6.40. The van der Waals surface area contributed by atoms with Gasteiger partial charge in [0.15, 0.2) is 5.65 Å². The van der Waals surface area contributed by atoms with Gasteiger partial charge in [-0.05, 0) is 48.4 Å². The van der Waals surface area contributed by atoms with Crippen molar-refractivity contribution in [2.75, 3.05) is 42.3 Å². The molecule has 178 valence electrons. The molecule has 5 heterocycles. The summed E-state index contributed by atoms with van der Waals surface area (Å²) in [6.07, 6.45) is 7.30. The number of rotatable bonds is 5. The van der Waals surface area contributed by atoms with Gasteiger partial charge in [-0.2, -0.15) is 0 Å². The van der Waals surface area contributed by atoms with Crippen LogP contribution in [-0.4, -0.2) is 52.3 Å². The van der Waals surface area contributed by atoms with E-state index in [9.17, 15) is 9.18 Å². The lowest BCUT2D eigenvalue weighted by Gasteiger charge is -2.29. The molecule has 2 aliphatic heterocycles. The highest BCUT2D eigenvalue weighted by Crippen LogP contribution is 2.45. The van der Waals surface area contributed by atoms with E-state index in [0.717, 1.165) is 52.6 Å². The summed E-state index contributed by atoms with van der Waals surface area (Å²) in [6, 6.07) is 8.70. The van der Waals surface area contributed by atoms with Crippen LogP contribution in [0.1, 0.15) is 26.9 Å². The average Bonchev–Trinajstić information content (AvgIpc) is 3.63. The Bertz CT molecular complexity index is 1430. The van der Waals surface area contributed by atoms with Crippen LogP contribution in [0.25, 0.3) is 16.8 Å². The van der Waals surface area contributed by atoms with Crippen LogP contribution in [0.3, 0.4) is 0 Å². The maximum absolute atomic E-state index is 14.9. The Balaban J connectivity index is 1.36. The minimum Gasteiger partial charge on any atom is -0.378 e. The molecular formula is C26H24FN5O2S. The summed E-state index contributed by atoms with van der Waals surface area (Å²) in [5.74, 6) is 0.192. The molecule has 1 N–H and O–H groups in total. The molecule has 1 amide bonds. The summed E-state index contributed by atoms with van der Waals surface area (Å²) in [5.41, 5.74) is 5.92. The van der Waals surface area contributed by atoms with E-state index >= 15 is 0 Å². The summed E-state index contributed by atoms with van der Waals surface area (Å²) in [6.45, 7) is 4.77. The van der Waals surface area contributed by atoms with Crippen LogP contribution in [0.5, 0.6) is 0 Å². The number of imidazole rings is 1. The number of nitrogens with zero attached hydrogens (tertiary/aromatic N) is 4. The number of morpholine rings is 1. The maximum Gasteiger partial charge on any atom is 0.255 e. The van der Waals surface area contributed by atoms with Gasteiger partial charge >= 0.3 is 0 Å². The number of hydrogen-bond donors (Lipinski definition) is 1. The molecule has 4 aromatic rings. The third kappa shape index (κ3) is 4.37. The zero-order valence-electron chi connectivity index (χ0n) is 19.2. The van der Waals surface area contributed by atoms with Crippen LogP contribution in [0.4, 0.5) is 15.8 Å². The topological polar surface area (TPSA) is 71.8 Å². The minimum atomic E-state index is -0.469. The lowest BCUT2D eigenvalue weighted by Crippen LogP contribution is -2.36. The average molecular weight is 490 g/mol. The molecule has 9 heteroatoms. The predicted octanol–water partition coefficient (Wildman–Crippen LogP) is 4.72. The fourth-order valence-electron chi connectivity index (χ4n) is 4.46. The van der Waals surface area contributed by atoms with Gasteiger partial charge in [0.2, 0.25) is 0 Å². The monoisotopic (exact) mass is 489 g/mol. The molecule has 0 bridgehead atoms. The first-order valence-electron chi connectivity index (χ1n) is 11.6. The number of nitrogens with one attached hydrogen (secondary N) is 1. The van der Waals surface area contributed by atoms with Crippen LogP contribution < -0.4 is 10.2 Å². The number of hydrogen-bond acceptors (Lipinski definition) is 6. The molecule has 0 saturated carbocycles. The molecule has 3 aromatic heterocycles. The predicted molar refractivity (Wildman–Crippen MR) is 136 cm³/mol. The van der Waals surface area contributed by atoms with Gasteiger partial charge in [-0.3, -0.25) is 9.78 Å². The highest BCUT2D eigenvalue weighted by atomic mass is 32.2. The third-order valence-corrected chi connectivity index (χ3v) is 7.31. The molecule has 35 heavy (non-hydrogen) atoms. The van der Waals surface area contributed by atoms with Gasteiger partial charge in [-0.1, -0.05) is 0 Å². The second-order valence-electron chi connectivity index (χ2n) is 8.76. The molecule has 2 saturated heterocycles. The highest BCUT2D eigenvalue weighted by Gasteiger charge is 2.27. The van der Waals surface area contributed by atoms with E-state index in [-0.39, 0.29) is 11.6 Å². The number of thioether (sulfide) groups is 1. The van der Waals surface area contributed by atoms with E-state index in [1.807, 2.05) is 23.7 Å². The first kappa shape index (κ1) is 22.1. The Morgan fingerprint density at radius 1 is 1.17 bits per heavy atom. The van der Waals surface area contributed by atoms with E-state index < -0.39 is 5.82 Å². The van der Waals surface area contributed by atoms with Crippen molar-refractivity contribution in [3.63, 3.8) is 0 Å². The quantitative estimate of drug-likeness (QED) is 0.409. The number of aromatic nitrogens is 3. The standard InChI is InChI=1S/C26H24FN5O2S/c1-16-10-20(27)21(30-26(33)17-2-3-28-22(11-17)24-15-35-24)13-19(16)18-12-23(31-6-8-34-9-7-31)25-29-4-5-32(25)14-18/h2-5,10-14,24H,6-9,15H2,1H3,(H,30,33). The first-order valence-corrected chi connectivity index (χ1v) is 12.6. The lowest BCUT2D eigenvalue weighted by molar-refractivity contribution is 0.102. The van der Waals surface area contributed by atoms with Crippen molar-refractivity contribution in [3.05, 3.63) is 77.8 Å². The van der Waals surface area contributed by atoms with E-state index in [1.165, 1.54) is 6.07 Å². The fourth-order valence-corrected chi connectivity index (χ4v) is 5.02. The SMILES string of the molecule is Cc1cc(F)c(NC(=O)c2ccnc(C3CS3)c2)cc1-c1cc(N2CCOCC2)c2nccn2c1. The summed E-state index contributed by atoms with van der Waals surface area (Å²) in [5, 5.41) is 3.12. The molecule has 7 nitrogen and oxygen atoms in total. The van der Waals surface area contributed by atoms with Gasteiger partial charge in [0.05, 0.1) is 35.5 Å². The largest absolute Gasteiger partial charge is 0.378 e. The molecule has 0 spiro atoms. The Kier molecular flexibility index (Phi) is 5.66. The number of fused-ring (bicyclic) bond motifs is 1. The van der Waals surface area contributed by atoms with E-state index in [0.29, 0.717) is 24.0 Å². The van der Waals surface area contributed by atoms with Crippen LogP contribution in [0.2, 0.25) is 0 Å². The van der Waals surface area contributed by atoms with Crippen molar-refractivity contribution < 1.29 is 13.9 Å². The molecule has 6 rings (SSSR count). The van der Waals surface area contributed by atoms with Crippen LogP contribution in [-0.2, 0) is 4.74 Å². The number of anilines is 2. The van der Waals surface area contributed by atoms with Crippen LogP contribution >= 0.6 is 11.8 Å². The number of halogens is 1. The number of pyridine rings is 2. The van der Waals surface area contributed by atoms with Crippen molar-refractivity contribution in [1.29, 1.82) is 0 Å². The van der Waals surface area contributed by atoms with Crippen molar-refractivity contribution in [2.24, 2.45) is 0 Å². The van der Waals surface area contributed by atoms with Gasteiger partial charge in [-0.15, -0.1) is 11.8 Å². The van der Waals surface area contributed by atoms with Crippen molar-refractivity contribution >= 4 is 34.7 Å². The smallest absolute Gasteiger partial charge is 0.255 e. The number of aryl methyl sites for hydroxylation is 1. The van der Waals surface area contributed by atoms with Gasteiger partial charge in [0.1, 0.15) is 5.82 Å². The van der Waals surface area contributed by atoms with Crippen LogP contribution in [0, 0.1) is 12.7 Å². The normalized spacial score (nSPS) is 17.5. The molecule has 0 radical (unpaired) electrons. The minimum absolute atomic E-state index is 0.147. The molecule has 0 aliphatic carbocycles. The zero-order chi connectivity index (χ0) is 23.9. The first-order chi connectivity index (χ1) is 17.1. The second kappa shape index (κ2) is 8.98. The second-order valence-corrected chi connectivity index (χ2v) is 10.00. The molecular weight excluding hydrogens is 465 g/mol. The lowest BCUT2D eigenvalue weighted by atomic mass is 10.00. The summed E-state index contributed by atoms with van der Waals surface area (Å²) in [7, 11) is 0. The van der Waals surface area contributed by atoms with Gasteiger partial charge < -0.3 is 19.4 Å². The Hall–Kier alpha value is -3.43. The van der Waals surface area contributed by atoms with E-state index in [2.05, 4.69) is 26.3 Å². The number of carbonyl (C=O) groups is 1. The number of benzene rings is 1. The fraction of sp³-hybridized carbons (Fsp3) is 0.269. The Labute approximate surface area is 206 Å².